The van der Waals surface area contributed by atoms with Crippen molar-refractivity contribution in [2.24, 2.45) is 0 Å². The van der Waals surface area contributed by atoms with E-state index in [1.54, 1.807) is 24.3 Å². The smallest absolute Gasteiger partial charge is 0.247 e. The molecule has 36 heavy (non-hydrogen) atoms. The summed E-state index contributed by atoms with van der Waals surface area (Å²) < 4.78 is 21.1. The van der Waals surface area contributed by atoms with Crippen LogP contribution in [0.5, 0.6) is 5.75 Å². The van der Waals surface area contributed by atoms with Crippen molar-refractivity contribution in [3.63, 3.8) is 0 Å². The normalized spacial score (nSPS) is 11.1. The molecule has 0 aliphatic carbocycles. The highest BCUT2D eigenvalue weighted by Crippen LogP contribution is 2.35. The maximum absolute atomic E-state index is 14.7. The molecule has 1 aromatic heterocycles. The Balaban J connectivity index is 1.78. The third kappa shape index (κ3) is 7.60. The van der Waals surface area contributed by atoms with Gasteiger partial charge in [-0.25, -0.2) is 14.4 Å². The predicted octanol–water partition coefficient (Wildman–Crippen LogP) is 5.36. The van der Waals surface area contributed by atoms with Crippen molar-refractivity contribution in [3.8, 4) is 5.75 Å². The van der Waals surface area contributed by atoms with E-state index in [2.05, 4.69) is 67.4 Å². The summed E-state index contributed by atoms with van der Waals surface area (Å²) in [6, 6.07) is 6.57. The van der Waals surface area contributed by atoms with Crippen LogP contribution in [0.1, 0.15) is 12.8 Å². The van der Waals surface area contributed by atoms with E-state index >= 15 is 0 Å². The first-order chi connectivity index (χ1) is 17.3. The molecule has 1 amide bonds. The Labute approximate surface area is 223 Å². The zero-order valence-electron chi connectivity index (χ0n) is 20.2. The number of carbonyl (C=O) groups excluding carboxylic acids is 1. The minimum atomic E-state index is -0.618. The summed E-state index contributed by atoms with van der Waals surface area (Å²) in [7, 11) is 4.12. The first-order valence-corrected chi connectivity index (χ1v) is 12.6. The summed E-state index contributed by atoms with van der Waals surface area (Å²) in [5.41, 5.74) is 1.13. The third-order valence-electron chi connectivity index (χ3n) is 5.21. The molecule has 3 rings (SSSR count). The van der Waals surface area contributed by atoms with Crippen LogP contribution in [-0.4, -0.2) is 61.1 Å². The summed E-state index contributed by atoms with van der Waals surface area (Å²) in [6.07, 6.45) is 4.73. The highest BCUT2D eigenvalue weighted by atomic mass is 79.9. The number of rotatable bonds is 13. The van der Waals surface area contributed by atoms with Gasteiger partial charge in [-0.1, -0.05) is 18.2 Å². The van der Waals surface area contributed by atoms with Gasteiger partial charge >= 0.3 is 0 Å². The second-order valence-electron chi connectivity index (χ2n) is 8.24. The molecule has 11 heteroatoms. The number of fused-ring (bicyclic) bond motifs is 1. The molecule has 0 fully saturated rings. The average Bonchev–Trinajstić information content (AvgIpc) is 2.86. The van der Waals surface area contributed by atoms with Crippen LogP contribution in [0.2, 0.25) is 5.02 Å². The van der Waals surface area contributed by atoms with Crippen molar-refractivity contribution in [2.75, 3.05) is 51.0 Å². The zero-order chi connectivity index (χ0) is 26.1. The van der Waals surface area contributed by atoms with Gasteiger partial charge in [-0.05, 0) is 80.2 Å². The quantitative estimate of drug-likeness (QED) is 0.143. The van der Waals surface area contributed by atoms with Gasteiger partial charge in [0, 0.05) is 22.5 Å². The summed E-state index contributed by atoms with van der Waals surface area (Å²) in [5.74, 6) is -0.213. The maximum Gasteiger partial charge on any atom is 0.247 e. The summed E-state index contributed by atoms with van der Waals surface area (Å²) in [6.45, 7) is 6.51. The van der Waals surface area contributed by atoms with E-state index in [-0.39, 0.29) is 10.7 Å². The molecule has 2 aromatic carbocycles. The fraction of sp³-hybridized carbons (Fsp3) is 0.320. The molecule has 192 valence electrons. The summed E-state index contributed by atoms with van der Waals surface area (Å²) in [4.78, 5) is 22.8. The zero-order valence-corrected chi connectivity index (χ0v) is 22.5. The second kappa shape index (κ2) is 13.5. The standard InChI is InChI=1S/C25H29BrClFN6O2/c1-4-22(35)32-20-13-16-19(14-21(20)36-12-10-29-9-5-6-11-34(2)3)30-15-31-25(16)33-18-8-7-17(26)23(27)24(18)28/h4,7-8,13-15,29H,1,5-6,9-12H2,2-3H3,(H,32,35)(H,30,31,33). The third-order valence-corrected chi connectivity index (χ3v) is 6.47. The van der Waals surface area contributed by atoms with Crippen molar-refractivity contribution in [1.29, 1.82) is 0 Å². The highest BCUT2D eigenvalue weighted by Gasteiger charge is 2.15. The van der Waals surface area contributed by atoms with Crippen LogP contribution in [0.3, 0.4) is 0 Å². The van der Waals surface area contributed by atoms with Crippen LogP contribution < -0.4 is 20.7 Å². The number of hydrogen-bond acceptors (Lipinski definition) is 7. The fourth-order valence-electron chi connectivity index (χ4n) is 3.37. The van der Waals surface area contributed by atoms with E-state index in [9.17, 15) is 9.18 Å². The number of ether oxygens (including phenoxy) is 1. The minimum Gasteiger partial charge on any atom is -0.490 e. The largest absolute Gasteiger partial charge is 0.490 e. The summed E-state index contributed by atoms with van der Waals surface area (Å²) in [5, 5.41) is 9.59. The Morgan fingerprint density at radius 2 is 2.03 bits per heavy atom. The van der Waals surface area contributed by atoms with Crippen LogP contribution >= 0.6 is 27.5 Å². The molecule has 0 unspecified atom stereocenters. The average molecular weight is 580 g/mol. The van der Waals surface area contributed by atoms with Gasteiger partial charge in [-0.2, -0.15) is 0 Å². The molecular formula is C25H29BrClFN6O2. The lowest BCUT2D eigenvalue weighted by atomic mass is 10.1. The number of nitrogens with one attached hydrogen (secondary N) is 3. The van der Waals surface area contributed by atoms with Crippen molar-refractivity contribution in [3.05, 3.63) is 58.6 Å². The van der Waals surface area contributed by atoms with Gasteiger partial charge < -0.3 is 25.6 Å². The molecule has 0 spiro atoms. The number of hydrogen-bond donors (Lipinski definition) is 3. The highest BCUT2D eigenvalue weighted by molar-refractivity contribution is 9.10. The molecule has 3 N–H and O–H groups in total. The second-order valence-corrected chi connectivity index (χ2v) is 9.47. The molecule has 3 aromatic rings. The number of anilines is 3. The van der Waals surface area contributed by atoms with Crippen molar-refractivity contribution in [2.45, 2.75) is 12.8 Å². The van der Waals surface area contributed by atoms with E-state index in [0.29, 0.717) is 45.8 Å². The van der Waals surface area contributed by atoms with E-state index in [1.165, 1.54) is 12.4 Å². The molecule has 0 bridgehead atoms. The van der Waals surface area contributed by atoms with Crippen molar-refractivity contribution < 1.29 is 13.9 Å². The van der Waals surface area contributed by atoms with Gasteiger partial charge in [0.2, 0.25) is 5.91 Å². The van der Waals surface area contributed by atoms with Crippen LogP contribution in [-0.2, 0) is 4.79 Å². The summed E-state index contributed by atoms with van der Waals surface area (Å²) >= 11 is 9.22. The van der Waals surface area contributed by atoms with E-state index in [1.807, 2.05) is 0 Å². The number of benzene rings is 2. The van der Waals surface area contributed by atoms with Gasteiger partial charge in [0.1, 0.15) is 24.5 Å². The molecule has 0 saturated heterocycles. The molecule has 0 saturated carbocycles. The number of amides is 1. The molecule has 0 atom stereocenters. The topological polar surface area (TPSA) is 91.4 Å². The minimum absolute atomic E-state index is 0.0423. The van der Waals surface area contributed by atoms with Gasteiger partial charge in [-0.3, -0.25) is 4.79 Å². The molecule has 8 nitrogen and oxygen atoms in total. The van der Waals surface area contributed by atoms with Gasteiger partial charge in [0.25, 0.3) is 0 Å². The molecule has 1 heterocycles. The van der Waals surface area contributed by atoms with Crippen LogP contribution in [0.15, 0.2) is 47.7 Å². The molecular weight excluding hydrogens is 551 g/mol. The monoisotopic (exact) mass is 578 g/mol. The Morgan fingerprint density at radius 3 is 2.78 bits per heavy atom. The van der Waals surface area contributed by atoms with Gasteiger partial charge in [-0.15, -0.1) is 0 Å². The van der Waals surface area contributed by atoms with Crippen molar-refractivity contribution >= 4 is 61.5 Å². The molecule has 0 radical (unpaired) electrons. The van der Waals surface area contributed by atoms with Gasteiger partial charge in [0.05, 0.1) is 21.9 Å². The van der Waals surface area contributed by atoms with Crippen LogP contribution in [0.25, 0.3) is 10.9 Å². The van der Waals surface area contributed by atoms with Crippen LogP contribution in [0, 0.1) is 5.82 Å². The Kier molecular flexibility index (Phi) is 10.4. The number of carbonyl (C=O) groups is 1. The van der Waals surface area contributed by atoms with E-state index in [0.717, 1.165) is 25.9 Å². The first kappa shape index (κ1) is 27.8. The number of halogens is 3. The first-order valence-electron chi connectivity index (χ1n) is 11.4. The van der Waals surface area contributed by atoms with Crippen molar-refractivity contribution in [1.82, 2.24) is 20.2 Å². The van der Waals surface area contributed by atoms with Crippen LogP contribution in [0.4, 0.5) is 21.6 Å². The Bertz CT molecular complexity index is 1230. The van der Waals surface area contributed by atoms with E-state index < -0.39 is 11.7 Å². The lowest BCUT2D eigenvalue weighted by Gasteiger charge is -2.15. The molecule has 0 aliphatic rings. The number of aromatic nitrogens is 2. The SMILES string of the molecule is C=CC(=O)Nc1cc2c(Nc3ccc(Br)c(Cl)c3F)ncnc2cc1OCCNCCCCN(C)C. The fourth-order valence-corrected chi connectivity index (χ4v) is 3.84. The lowest BCUT2D eigenvalue weighted by molar-refractivity contribution is -0.111. The lowest BCUT2D eigenvalue weighted by Crippen LogP contribution is -2.23. The Hall–Kier alpha value is -2.79. The predicted molar refractivity (Wildman–Crippen MR) is 147 cm³/mol. The Morgan fingerprint density at radius 1 is 1.22 bits per heavy atom. The number of unbranched alkanes of at least 4 members (excludes halogenated alkanes) is 1. The van der Waals surface area contributed by atoms with E-state index in [4.69, 9.17) is 16.3 Å². The molecule has 0 aliphatic heterocycles. The number of nitrogens with zero attached hydrogens (tertiary/aromatic N) is 3. The van der Waals surface area contributed by atoms with Gasteiger partial charge in [0.15, 0.2) is 5.82 Å². The maximum atomic E-state index is 14.7.